The molecule has 3 N–H and O–H groups in total. The Bertz CT molecular complexity index is 1970. The van der Waals surface area contributed by atoms with Crippen LogP contribution in [0, 0.1) is 5.92 Å². The van der Waals surface area contributed by atoms with Gasteiger partial charge < -0.3 is 30.0 Å². The lowest BCUT2D eigenvalue weighted by Gasteiger charge is -2.31. The Morgan fingerprint density at radius 3 is 2.19 bits per heavy atom. The fourth-order valence-electron chi connectivity index (χ4n) is 5.10. The molecule has 2 aromatic heterocycles. The number of carbonyl (C=O) groups is 5. The molecule has 1 fully saturated rings. The Balaban J connectivity index is 0.998. The van der Waals surface area contributed by atoms with E-state index < -0.39 is 11.9 Å². The monoisotopic (exact) mass is 756 g/mol. The molecule has 0 spiro atoms. The molecule has 0 aliphatic carbocycles. The number of aromatic nitrogens is 2. The van der Waals surface area contributed by atoms with Gasteiger partial charge >= 0.3 is 5.97 Å². The number of hydrogen-bond donors (Lipinski definition) is 3. The van der Waals surface area contributed by atoms with Gasteiger partial charge in [-0.05, 0) is 73.5 Å². The molecule has 0 unspecified atom stereocenters. The lowest BCUT2D eigenvalue weighted by molar-refractivity contribution is -0.121. The Kier molecular flexibility index (Phi) is 13.0. The number of nitrogens with one attached hydrogen (secondary N) is 3. The van der Waals surface area contributed by atoms with Crippen LogP contribution in [0.4, 0.5) is 16.5 Å². The minimum Gasteiger partial charge on any atom is -0.458 e. The predicted molar refractivity (Wildman–Crippen MR) is 204 cm³/mol. The zero-order valence-electron chi connectivity index (χ0n) is 29.5. The summed E-state index contributed by atoms with van der Waals surface area (Å²) >= 11 is 2.95. The molecule has 0 saturated carbocycles. The van der Waals surface area contributed by atoms with Crippen LogP contribution < -0.4 is 16.0 Å². The summed E-state index contributed by atoms with van der Waals surface area (Å²) in [5.74, 6) is 0.162. The first-order chi connectivity index (χ1) is 25.4. The number of rotatable bonds is 13. The zero-order valence-corrected chi connectivity index (χ0v) is 31.2. The molecule has 0 atom stereocenters. The first-order valence-corrected chi connectivity index (χ1v) is 18.6. The molecule has 0 bridgehead atoms. The van der Waals surface area contributed by atoms with E-state index in [1.165, 1.54) is 35.6 Å². The number of anilines is 3. The number of ether oxygens (including phenoxy) is 1. The maximum absolute atomic E-state index is 13.2. The third kappa shape index (κ3) is 11.2. The van der Waals surface area contributed by atoms with Crippen molar-refractivity contribution >= 4 is 69.2 Å². The molecular formula is C38H40N6O7S2. The largest absolute Gasteiger partial charge is 0.458 e. The maximum atomic E-state index is 13.2. The lowest BCUT2D eigenvalue weighted by atomic mass is 9.94. The normalized spacial score (nSPS) is 13.4. The number of carbonyl (C=O) groups excluding carboxylic acids is 5. The van der Waals surface area contributed by atoms with Gasteiger partial charge in [-0.1, -0.05) is 38.7 Å². The van der Waals surface area contributed by atoms with Crippen LogP contribution >= 0.6 is 23.1 Å². The zero-order chi connectivity index (χ0) is 38.0. The van der Waals surface area contributed by atoms with E-state index in [2.05, 4.69) is 53.3 Å². The molecule has 4 amide bonds. The van der Waals surface area contributed by atoms with E-state index in [-0.39, 0.29) is 41.2 Å². The summed E-state index contributed by atoms with van der Waals surface area (Å²) in [5.41, 5.74) is 1.65. The van der Waals surface area contributed by atoms with Gasteiger partial charge in [-0.3, -0.25) is 19.2 Å². The summed E-state index contributed by atoms with van der Waals surface area (Å²) in [6, 6.07) is 12.7. The van der Waals surface area contributed by atoms with Gasteiger partial charge in [0.1, 0.15) is 12.4 Å². The number of oxazole rings is 1. The maximum Gasteiger partial charge on any atom is 0.338 e. The third-order valence-corrected chi connectivity index (χ3v) is 10.1. The van der Waals surface area contributed by atoms with Crippen molar-refractivity contribution in [3.8, 4) is 0 Å². The van der Waals surface area contributed by atoms with Crippen LogP contribution in [0.5, 0.6) is 0 Å². The first-order valence-electron chi connectivity index (χ1n) is 16.8. The van der Waals surface area contributed by atoms with E-state index in [0.717, 1.165) is 16.0 Å². The van der Waals surface area contributed by atoms with E-state index in [0.29, 0.717) is 59.6 Å². The summed E-state index contributed by atoms with van der Waals surface area (Å²) in [7, 11) is 0. The molecule has 1 saturated heterocycles. The van der Waals surface area contributed by atoms with Crippen LogP contribution in [0.15, 0.2) is 94.4 Å². The van der Waals surface area contributed by atoms with Crippen molar-refractivity contribution in [2.24, 2.45) is 5.92 Å². The van der Waals surface area contributed by atoms with Crippen LogP contribution in [0.2, 0.25) is 0 Å². The molecule has 15 heteroatoms. The predicted octanol–water partition coefficient (Wildman–Crippen LogP) is 6.69. The number of nitrogens with zero attached hydrogens (tertiary/aromatic N) is 3. The second-order valence-electron chi connectivity index (χ2n) is 13.0. The number of likely N-dealkylation sites (tertiary alicyclic amines) is 1. The van der Waals surface area contributed by atoms with Crippen molar-refractivity contribution in [2.75, 3.05) is 35.6 Å². The van der Waals surface area contributed by atoms with Crippen molar-refractivity contribution in [1.82, 2.24) is 14.9 Å². The first kappa shape index (κ1) is 38.7. The van der Waals surface area contributed by atoms with Gasteiger partial charge in [0.15, 0.2) is 5.13 Å². The number of benzene rings is 2. The smallest absolute Gasteiger partial charge is 0.338 e. The van der Waals surface area contributed by atoms with E-state index in [4.69, 9.17) is 9.15 Å². The molecule has 2 aromatic carbocycles. The summed E-state index contributed by atoms with van der Waals surface area (Å²) in [5, 5.41) is 8.74. The summed E-state index contributed by atoms with van der Waals surface area (Å²) in [6.07, 6.45) is 8.35. The topological polar surface area (TPSA) is 173 Å². The average Bonchev–Trinajstić information content (AvgIpc) is 3.83. The second kappa shape index (κ2) is 17.8. The third-order valence-electron chi connectivity index (χ3n) is 8.05. The minimum atomic E-state index is -0.584. The fraction of sp³-hybridized carbons (Fsp3) is 0.289. The molecule has 276 valence electrons. The SMILES string of the molecule is C=CC(=O)Nc1ccc(C(=O)OC/C=C/C(=O)Nc2ccc(C(=O)N3CCC(C(=O)Nc4ncc(SCc5ncc(C(C)(C)C)o5)s4)CC3)cc2)cc1. The molecule has 53 heavy (non-hydrogen) atoms. The number of piperidine rings is 1. The highest BCUT2D eigenvalue weighted by Crippen LogP contribution is 2.32. The fourth-order valence-corrected chi connectivity index (χ4v) is 6.83. The molecule has 13 nitrogen and oxygen atoms in total. The van der Waals surface area contributed by atoms with Crippen molar-refractivity contribution in [3.05, 3.63) is 109 Å². The standard InChI is InChI=1S/C38H40N6O7S2/c1-5-30(45)41-27-14-10-26(11-15-27)36(49)50-20-6-7-31(46)42-28-12-8-25(9-13-28)35(48)44-18-16-24(17-19-44)34(47)43-37-40-22-33(53-37)52-23-32-39-21-29(51-32)38(2,3)4/h5-15,21-22,24H,1,16-20,23H2,2-4H3,(H,41,45)(H,42,46)(H,40,43,47)/b7-6+. The number of thiazole rings is 1. The highest BCUT2D eigenvalue weighted by Gasteiger charge is 2.28. The van der Waals surface area contributed by atoms with Gasteiger partial charge in [-0.15, -0.1) is 11.8 Å². The van der Waals surface area contributed by atoms with Crippen LogP contribution in [0.25, 0.3) is 0 Å². The molecular weight excluding hydrogens is 717 g/mol. The van der Waals surface area contributed by atoms with E-state index in [9.17, 15) is 24.0 Å². The average molecular weight is 757 g/mol. The molecule has 3 heterocycles. The molecule has 1 aliphatic rings. The Morgan fingerprint density at radius 2 is 1.57 bits per heavy atom. The quantitative estimate of drug-likeness (QED) is 0.0758. The van der Waals surface area contributed by atoms with Gasteiger partial charge in [0, 0.05) is 47.4 Å². The summed E-state index contributed by atoms with van der Waals surface area (Å²) in [4.78, 5) is 72.6. The number of esters is 1. The Hall–Kier alpha value is -5.54. The van der Waals surface area contributed by atoms with Crippen molar-refractivity contribution in [3.63, 3.8) is 0 Å². The molecule has 0 radical (unpaired) electrons. The lowest BCUT2D eigenvalue weighted by Crippen LogP contribution is -2.41. The van der Waals surface area contributed by atoms with Gasteiger partial charge in [-0.2, -0.15) is 0 Å². The number of amides is 4. The van der Waals surface area contributed by atoms with Crippen LogP contribution in [0.3, 0.4) is 0 Å². The van der Waals surface area contributed by atoms with E-state index >= 15 is 0 Å². The molecule has 5 rings (SSSR count). The van der Waals surface area contributed by atoms with E-state index in [1.54, 1.807) is 65.5 Å². The van der Waals surface area contributed by atoms with Crippen LogP contribution in [-0.2, 0) is 30.3 Å². The summed E-state index contributed by atoms with van der Waals surface area (Å²) in [6.45, 7) is 10.4. The highest BCUT2D eigenvalue weighted by molar-refractivity contribution is 8.00. The van der Waals surface area contributed by atoms with Crippen molar-refractivity contribution < 1.29 is 33.1 Å². The highest BCUT2D eigenvalue weighted by atomic mass is 32.2. The van der Waals surface area contributed by atoms with Crippen molar-refractivity contribution in [1.29, 1.82) is 0 Å². The molecule has 1 aliphatic heterocycles. The summed E-state index contributed by atoms with van der Waals surface area (Å²) < 4.78 is 12.0. The van der Waals surface area contributed by atoms with Crippen LogP contribution in [-0.4, -0.2) is 64.2 Å². The van der Waals surface area contributed by atoms with Gasteiger partial charge in [-0.25, -0.2) is 14.8 Å². The van der Waals surface area contributed by atoms with Gasteiger partial charge in [0.25, 0.3) is 5.91 Å². The van der Waals surface area contributed by atoms with Crippen molar-refractivity contribution in [2.45, 2.75) is 49.0 Å². The minimum absolute atomic E-state index is 0.108. The second-order valence-corrected chi connectivity index (χ2v) is 15.3. The van der Waals surface area contributed by atoms with Crippen LogP contribution in [0.1, 0.15) is 66.0 Å². The Labute approximate surface area is 315 Å². The van der Waals surface area contributed by atoms with E-state index in [1.807, 2.05) is 0 Å². The molecule has 4 aromatic rings. The van der Waals surface area contributed by atoms with Gasteiger partial charge in [0.05, 0.1) is 27.9 Å². The number of hydrogen-bond acceptors (Lipinski definition) is 11. The van der Waals surface area contributed by atoms with Gasteiger partial charge in [0.2, 0.25) is 23.6 Å². The Morgan fingerprint density at radius 1 is 0.925 bits per heavy atom. The number of thioether (sulfide) groups is 1.